The quantitative estimate of drug-likeness (QED) is 0.693. The molecule has 1 aromatic heterocycles. The van der Waals surface area contributed by atoms with Gasteiger partial charge in [-0.05, 0) is 55.6 Å². The van der Waals surface area contributed by atoms with Crippen molar-refractivity contribution in [2.24, 2.45) is 0 Å². The molecule has 1 aromatic carbocycles. The molecule has 0 saturated heterocycles. The maximum Gasteiger partial charge on any atom is 0.416 e. The Morgan fingerprint density at radius 2 is 1.81 bits per heavy atom. The van der Waals surface area contributed by atoms with E-state index < -0.39 is 11.7 Å². The molecule has 2 aromatic rings. The van der Waals surface area contributed by atoms with Crippen LogP contribution in [0.3, 0.4) is 0 Å². The topological polar surface area (TPSA) is 29.1 Å². The highest BCUT2D eigenvalue weighted by Crippen LogP contribution is 2.32. The first-order valence-corrected chi connectivity index (χ1v) is 8.07. The Morgan fingerprint density at radius 1 is 1.19 bits per heavy atom. The third-order valence-electron chi connectivity index (χ3n) is 2.60. The second kappa shape index (κ2) is 6.50. The summed E-state index contributed by atoms with van der Waals surface area (Å²) < 4.78 is 38.8. The van der Waals surface area contributed by atoms with Crippen molar-refractivity contribution < 1.29 is 18.0 Å². The lowest BCUT2D eigenvalue weighted by molar-refractivity contribution is -0.137. The number of hydrogen-bond acceptors (Lipinski definition) is 2. The van der Waals surface area contributed by atoms with E-state index in [1.165, 1.54) is 23.5 Å². The average molecular weight is 443 g/mol. The number of thiophene rings is 1. The first-order chi connectivity index (χ1) is 9.77. The predicted octanol–water partition coefficient (Wildman–Crippen LogP) is 5.22. The summed E-state index contributed by atoms with van der Waals surface area (Å²) in [5.41, 5.74) is -0.102. The van der Waals surface area contributed by atoms with Crippen LogP contribution >= 0.6 is 43.2 Å². The summed E-state index contributed by atoms with van der Waals surface area (Å²) in [4.78, 5) is 12.4. The van der Waals surface area contributed by atoms with Crippen molar-refractivity contribution in [3.8, 4) is 0 Å². The van der Waals surface area contributed by atoms with Gasteiger partial charge in [-0.3, -0.25) is 4.79 Å². The molecule has 1 N–H and O–H groups in total. The van der Waals surface area contributed by atoms with Gasteiger partial charge in [0.2, 0.25) is 0 Å². The van der Waals surface area contributed by atoms with Crippen LogP contribution in [0.25, 0.3) is 0 Å². The minimum absolute atomic E-state index is 0.171. The number of benzene rings is 1. The molecule has 0 atom stereocenters. The van der Waals surface area contributed by atoms with Crippen LogP contribution < -0.4 is 5.32 Å². The minimum Gasteiger partial charge on any atom is -0.347 e. The van der Waals surface area contributed by atoms with Gasteiger partial charge in [0.05, 0.1) is 14.2 Å². The summed E-state index contributed by atoms with van der Waals surface area (Å²) in [6, 6.07) is 6.38. The van der Waals surface area contributed by atoms with Crippen molar-refractivity contribution >= 4 is 49.1 Å². The molecular weight excluding hydrogens is 435 g/mol. The highest BCUT2D eigenvalue weighted by Gasteiger charge is 2.29. The molecule has 0 bridgehead atoms. The van der Waals surface area contributed by atoms with Gasteiger partial charge >= 0.3 is 6.18 Å². The predicted molar refractivity (Wildman–Crippen MR) is 82.3 cm³/mol. The Labute approximate surface area is 139 Å². The van der Waals surface area contributed by atoms with E-state index >= 15 is 0 Å². The number of halogens is 5. The Bertz CT molecular complexity index is 633. The molecule has 112 valence electrons. The van der Waals surface area contributed by atoms with Crippen LogP contribution in [0.2, 0.25) is 0 Å². The van der Waals surface area contributed by atoms with Gasteiger partial charge in [0, 0.05) is 11.0 Å². The van der Waals surface area contributed by atoms with E-state index in [4.69, 9.17) is 0 Å². The van der Waals surface area contributed by atoms with Gasteiger partial charge < -0.3 is 5.32 Å². The second-order valence-electron chi connectivity index (χ2n) is 4.11. The van der Waals surface area contributed by atoms with Gasteiger partial charge in [-0.1, -0.05) is 12.1 Å². The number of nitrogens with one attached hydrogen (secondary N) is 1. The third kappa shape index (κ3) is 4.31. The van der Waals surface area contributed by atoms with Crippen molar-refractivity contribution in [1.82, 2.24) is 5.32 Å². The summed E-state index contributed by atoms with van der Waals surface area (Å²) in [5.74, 6) is -0.272. The molecule has 0 spiro atoms. The van der Waals surface area contributed by atoms with E-state index in [-0.39, 0.29) is 12.5 Å². The zero-order valence-corrected chi connectivity index (χ0v) is 14.3. The fourth-order valence-electron chi connectivity index (χ4n) is 1.54. The Kier molecular flexibility index (Phi) is 5.11. The van der Waals surface area contributed by atoms with E-state index in [1.807, 2.05) is 0 Å². The number of amides is 1. The van der Waals surface area contributed by atoms with Crippen LogP contribution in [-0.2, 0) is 12.7 Å². The molecule has 8 heteroatoms. The molecule has 1 heterocycles. The molecule has 2 rings (SSSR count). The van der Waals surface area contributed by atoms with Gasteiger partial charge in [-0.25, -0.2) is 0 Å². The lowest BCUT2D eigenvalue weighted by atomic mass is 10.1. The molecular formula is C13H8Br2F3NOS. The lowest BCUT2D eigenvalue weighted by Crippen LogP contribution is -2.21. The summed E-state index contributed by atoms with van der Waals surface area (Å²) in [7, 11) is 0. The molecule has 0 fully saturated rings. The molecule has 2 nitrogen and oxygen atoms in total. The zero-order valence-electron chi connectivity index (χ0n) is 10.3. The molecule has 21 heavy (non-hydrogen) atoms. The van der Waals surface area contributed by atoms with Gasteiger partial charge in [0.1, 0.15) is 0 Å². The standard InChI is InChI=1S/C13H8Br2F3NOS/c14-9-5-10(21-11(9)15)12(20)19-6-7-1-3-8(4-2-7)13(16,17)18/h1-5H,6H2,(H,19,20). The van der Waals surface area contributed by atoms with Crippen LogP contribution in [0.4, 0.5) is 13.2 Å². The minimum atomic E-state index is -4.35. The Morgan fingerprint density at radius 3 is 2.29 bits per heavy atom. The number of carbonyl (C=O) groups is 1. The number of rotatable bonds is 3. The van der Waals surface area contributed by atoms with Crippen molar-refractivity contribution in [3.63, 3.8) is 0 Å². The zero-order chi connectivity index (χ0) is 15.6. The molecule has 0 aliphatic rings. The van der Waals surface area contributed by atoms with E-state index in [0.29, 0.717) is 10.4 Å². The fourth-order valence-corrected chi connectivity index (χ4v) is 3.49. The lowest BCUT2D eigenvalue weighted by Gasteiger charge is -2.08. The average Bonchev–Trinajstić information content (AvgIpc) is 2.75. The fraction of sp³-hybridized carbons (Fsp3) is 0.154. The van der Waals surface area contributed by atoms with Crippen LogP contribution in [0.1, 0.15) is 20.8 Å². The molecule has 1 amide bonds. The first-order valence-electron chi connectivity index (χ1n) is 5.66. The maximum absolute atomic E-state index is 12.4. The van der Waals surface area contributed by atoms with Gasteiger partial charge in [0.15, 0.2) is 0 Å². The SMILES string of the molecule is O=C(NCc1ccc(C(F)(F)F)cc1)c1cc(Br)c(Br)s1. The van der Waals surface area contributed by atoms with E-state index in [1.54, 1.807) is 6.07 Å². The smallest absolute Gasteiger partial charge is 0.347 e. The normalized spacial score (nSPS) is 11.5. The largest absolute Gasteiger partial charge is 0.416 e. The summed E-state index contributed by atoms with van der Waals surface area (Å²) >= 11 is 7.85. The van der Waals surface area contributed by atoms with Gasteiger partial charge in [0.25, 0.3) is 5.91 Å². The molecule has 0 aliphatic heterocycles. The summed E-state index contributed by atoms with van der Waals surface area (Å²) in [5, 5.41) is 2.66. The van der Waals surface area contributed by atoms with E-state index in [2.05, 4.69) is 37.2 Å². The highest BCUT2D eigenvalue weighted by atomic mass is 79.9. The molecule has 0 aliphatic carbocycles. The Hall–Kier alpha value is -0.860. The monoisotopic (exact) mass is 441 g/mol. The van der Waals surface area contributed by atoms with Crippen molar-refractivity contribution in [2.75, 3.05) is 0 Å². The van der Waals surface area contributed by atoms with Crippen molar-refractivity contribution in [3.05, 3.63) is 54.6 Å². The number of hydrogen-bond donors (Lipinski definition) is 1. The number of carbonyl (C=O) groups excluding carboxylic acids is 1. The van der Waals surface area contributed by atoms with Crippen LogP contribution in [0.15, 0.2) is 38.6 Å². The maximum atomic E-state index is 12.4. The highest BCUT2D eigenvalue weighted by molar-refractivity contribution is 9.13. The van der Waals surface area contributed by atoms with Crippen LogP contribution in [0, 0.1) is 0 Å². The second-order valence-corrected chi connectivity index (χ2v) is 7.33. The summed E-state index contributed by atoms with van der Waals surface area (Å²) in [6.45, 7) is 0.171. The first kappa shape index (κ1) is 16.5. The van der Waals surface area contributed by atoms with Crippen LogP contribution in [0.5, 0.6) is 0 Å². The molecule has 0 saturated carbocycles. The van der Waals surface area contributed by atoms with Crippen molar-refractivity contribution in [2.45, 2.75) is 12.7 Å². The summed E-state index contributed by atoms with van der Waals surface area (Å²) in [6.07, 6.45) is -4.35. The van der Waals surface area contributed by atoms with Gasteiger partial charge in [-0.2, -0.15) is 13.2 Å². The third-order valence-corrected chi connectivity index (χ3v) is 5.86. The van der Waals surface area contributed by atoms with Crippen LogP contribution in [-0.4, -0.2) is 5.91 Å². The van der Waals surface area contributed by atoms with E-state index in [9.17, 15) is 18.0 Å². The molecule has 0 unspecified atom stereocenters. The Balaban J connectivity index is 1.98. The van der Waals surface area contributed by atoms with Gasteiger partial charge in [-0.15, -0.1) is 11.3 Å². The van der Waals surface area contributed by atoms with E-state index in [0.717, 1.165) is 20.4 Å². The van der Waals surface area contributed by atoms with Crippen molar-refractivity contribution in [1.29, 1.82) is 0 Å². The number of alkyl halides is 3. The molecule has 0 radical (unpaired) electrons.